The molecular weight excluding hydrogens is 264 g/mol. The van der Waals surface area contributed by atoms with Crippen LogP contribution >= 0.6 is 0 Å². The summed E-state index contributed by atoms with van der Waals surface area (Å²) in [6, 6.07) is 9.96. The summed E-state index contributed by atoms with van der Waals surface area (Å²) in [6.07, 6.45) is 5.68. The molecule has 3 rings (SSSR count). The minimum Gasteiger partial charge on any atom is -0.376 e. The number of nitrogens with one attached hydrogen (secondary N) is 1. The lowest BCUT2D eigenvalue weighted by Crippen LogP contribution is -2.36. The van der Waals surface area contributed by atoms with Crippen LogP contribution in [0.3, 0.4) is 0 Å². The van der Waals surface area contributed by atoms with Crippen LogP contribution in [0.1, 0.15) is 24.8 Å². The monoisotopic (exact) mass is 284 g/mol. The number of benzene rings is 1. The number of amides is 1. The molecule has 4 heteroatoms. The van der Waals surface area contributed by atoms with E-state index in [1.807, 2.05) is 30.3 Å². The molecule has 1 amide bonds. The Morgan fingerprint density at radius 2 is 2.24 bits per heavy atom. The van der Waals surface area contributed by atoms with Gasteiger partial charge in [0.2, 0.25) is 5.91 Å². The maximum absolute atomic E-state index is 12.0. The van der Waals surface area contributed by atoms with E-state index in [0.29, 0.717) is 13.0 Å². The number of nitrogens with zero attached hydrogens (tertiary/aromatic N) is 1. The van der Waals surface area contributed by atoms with Gasteiger partial charge in [-0.15, -0.1) is 0 Å². The molecule has 1 saturated heterocycles. The van der Waals surface area contributed by atoms with Gasteiger partial charge in [-0.3, -0.25) is 9.78 Å². The van der Waals surface area contributed by atoms with Gasteiger partial charge < -0.3 is 10.1 Å². The van der Waals surface area contributed by atoms with Crippen molar-refractivity contribution in [2.24, 2.45) is 0 Å². The molecule has 1 fully saturated rings. The minimum atomic E-state index is 0.0289. The van der Waals surface area contributed by atoms with Gasteiger partial charge in [0.15, 0.2) is 0 Å². The quantitative estimate of drug-likeness (QED) is 0.938. The molecule has 0 bridgehead atoms. The van der Waals surface area contributed by atoms with Crippen molar-refractivity contribution in [3.05, 3.63) is 42.1 Å². The summed E-state index contributed by atoms with van der Waals surface area (Å²) in [6.45, 7) is 1.43. The van der Waals surface area contributed by atoms with Gasteiger partial charge in [-0.05, 0) is 37.0 Å². The Morgan fingerprint density at radius 1 is 1.33 bits per heavy atom. The average molecular weight is 284 g/mol. The molecule has 2 aromatic rings. The van der Waals surface area contributed by atoms with E-state index in [1.165, 1.54) is 6.42 Å². The molecule has 1 aromatic carbocycles. The number of para-hydroxylation sites is 1. The van der Waals surface area contributed by atoms with E-state index in [-0.39, 0.29) is 12.0 Å². The first kappa shape index (κ1) is 14.0. The van der Waals surface area contributed by atoms with Gasteiger partial charge in [0.1, 0.15) is 0 Å². The smallest absolute Gasteiger partial charge is 0.224 e. The fourth-order valence-corrected chi connectivity index (χ4v) is 2.66. The Labute approximate surface area is 124 Å². The van der Waals surface area contributed by atoms with Crippen molar-refractivity contribution < 1.29 is 9.53 Å². The molecular formula is C17H20N2O2. The third kappa shape index (κ3) is 3.79. The van der Waals surface area contributed by atoms with Gasteiger partial charge in [0.05, 0.1) is 18.0 Å². The second-order valence-corrected chi connectivity index (χ2v) is 5.51. The van der Waals surface area contributed by atoms with Crippen molar-refractivity contribution in [2.75, 3.05) is 13.2 Å². The fraction of sp³-hybridized carbons (Fsp3) is 0.412. The first-order valence-corrected chi connectivity index (χ1v) is 7.53. The number of pyridine rings is 1. The Kier molecular flexibility index (Phi) is 4.46. The van der Waals surface area contributed by atoms with Crippen LogP contribution in [0.15, 0.2) is 36.5 Å². The van der Waals surface area contributed by atoms with E-state index in [4.69, 9.17) is 4.74 Å². The van der Waals surface area contributed by atoms with Crippen LogP contribution in [-0.4, -0.2) is 30.1 Å². The molecule has 21 heavy (non-hydrogen) atoms. The van der Waals surface area contributed by atoms with Crippen LogP contribution in [0.2, 0.25) is 0 Å². The summed E-state index contributed by atoms with van der Waals surface area (Å²) in [5.41, 5.74) is 1.90. The van der Waals surface area contributed by atoms with Crippen molar-refractivity contribution >= 4 is 16.8 Å². The largest absolute Gasteiger partial charge is 0.376 e. The zero-order valence-electron chi connectivity index (χ0n) is 12.0. The van der Waals surface area contributed by atoms with Crippen molar-refractivity contribution in [1.29, 1.82) is 0 Å². The van der Waals surface area contributed by atoms with Gasteiger partial charge in [-0.25, -0.2) is 0 Å². The van der Waals surface area contributed by atoms with Gasteiger partial charge >= 0.3 is 0 Å². The zero-order valence-corrected chi connectivity index (χ0v) is 12.0. The minimum absolute atomic E-state index is 0.0289. The maximum Gasteiger partial charge on any atom is 0.224 e. The predicted molar refractivity (Wildman–Crippen MR) is 82.0 cm³/mol. The van der Waals surface area contributed by atoms with Crippen LogP contribution in [0.25, 0.3) is 10.9 Å². The van der Waals surface area contributed by atoms with Crippen molar-refractivity contribution in [2.45, 2.75) is 31.8 Å². The number of carbonyl (C=O) groups excluding carboxylic acids is 1. The lowest BCUT2D eigenvalue weighted by Gasteiger charge is -2.22. The van der Waals surface area contributed by atoms with E-state index in [0.717, 1.165) is 35.9 Å². The maximum atomic E-state index is 12.0. The van der Waals surface area contributed by atoms with Crippen molar-refractivity contribution in [3.8, 4) is 0 Å². The molecule has 0 spiro atoms. The van der Waals surface area contributed by atoms with Crippen LogP contribution in [0.4, 0.5) is 0 Å². The SMILES string of the molecule is O=C(Cc1cnc2ccccc2c1)NC[C@H]1CCCCO1. The first-order valence-electron chi connectivity index (χ1n) is 7.53. The number of hydrogen-bond acceptors (Lipinski definition) is 3. The number of carbonyl (C=O) groups is 1. The van der Waals surface area contributed by atoms with Gasteiger partial charge in [0, 0.05) is 24.7 Å². The third-order valence-electron chi connectivity index (χ3n) is 3.81. The predicted octanol–water partition coefficient (Wildman–Crippen LogP) is 2.46. The normalized spacial score (nSPS) is 18.6. The summed E-state index contributed by atoms with van der Waals surface area (Å²) < 4.78 is 5.61. The summed E-state index contributed by atoms with van der Waals surface area (Å²) in [5.74, 6) is 0.0289. The number of aromatic nitrogens is 1. The molecule has 0 aliphatic carbocycles. The standard InChI is InChI=1S/C17H20N2O2/c20-17(19-12-15-6-3-4-8-21-15)10-13-9-14-5-1-2-7-16(14)18-11-13/h1-2,5,7,9,11,15H,3-4,6,8,10,12H2,(H,19,20)/t15-/m1/s1. The molecule has 1 aromatic heterocycles. The fourth-order valence-electron chi connectivity index (χ4n) is 2.66. The molecule has 0 unspecified atom stereocenters. The second-order valence-electron chi connectivity index (χ2n) is 5.51. The molecule has 1 aliphatic heterocycles. The number of ether oxygens (including phenoxy) is 1. The Bertz CT molecular complexity index is 621. The van der Waals surface area contributed by atoms with Crippen molar-refractivity contribution in [1.82, 2.24) is 10.3 Å². The van der Waals surface area contributed by atoms with E-state index < -0.39 is 0 Å². The van der Waals surface area contributed by atoms with E-state index >= 15 is 0 Å². The van der Waals surface area contributed by atoms with Gasteiger partial charge in [0.25, 0.3) is 0 Å². The van der Waals surface area contributed by atoms with Crippen LogP contribution in [0.5, 0.6) is 0 Å². The molecule has 0 saturated carbocycles. The highest BCUT2D eigenvalue weighted by atomic mass is 16.5. The molecule has 110 valence electrons. The highest BCUT2D eigenvalue weighted by Gasteiger charge is 2.14. The number of hydrogen-bond donors (Lipinski definition) is 1. The third-order valence-corrected chi connectivity index (χ3v) is 3.81. The van der Waals surface area contributed by atoms with Gasteiger partial charge in [-0.1, -0.05) is 18.2 Å². The highest BCUT2D eigenvalue weighted by Crippen LogP contribution is 2.14. The zero-order chi connectivity index (χ0) is 14.5. The summed E-state index contributed by atoms with van der Waals surface area (Å²) >= 11 is 0. The van der Waals surface area contributed by atoms with E-state index in [2.05, 4.69) is 10.3 Å². The summed E-state index contributed by atoms with van der Waals surface area (Å²) in [7, 11) is 0. The van der Waals surface area contributed by atoms with Crippen LogP contribution in [-0.2, 0) is 16.0 Å². The Morgan fingerprint density at radius 3 is 3.10 bits per heavy atom. The van der Waals surface area contributed by atoms with Crippen LogP contribution < -0.4 is 5.32 Å². The Hall–Kier alpha value is -1.94. The van der Waals surface area contributed by atoms with E-state index in [9.17, 15) is 4.79 Å². The molecule has 1 aliphatic rings. The number of fused-ring (bicyclic) bond motifs is 1. The van der Waals surface area contributed by atoms with Crippen LogP contribution in [0, 0.1) is 0 Å². The summed E-state index contributed by atoms with van der Waals surface area (Å²) in [4.78, 5) is 16.4. The molecule has 1 atom stereocenters. The summed E-state index contributed by atoms with van der Waals surface area (Å²) in [5, 5.41) is 4.03. The topological polar surface area (TPSA) is 51.2 Å². The molecule has 2 heterocycles. The average Bonchev–Trinajstić information content (AvgIpc) is 2.54. The second kappa shape index (κ2) is 6.68. The molecule has 0 radical (unpaired) electrons. The molecule has 1 N–H and O–H groups in total. The number of rotatable bonds is 4. The van der Waals surface area contributed by atoms with Crippen molar-refractivity contribution in [3.63, 3.8) is 0 Å². The first-order chi connectivity index (χ1) is 10.3. The lowest BCUT2D eigenvalue weighted by atomic mass is 10.1. The highest BCUT2D eigenvalue weighted by molar-refractivity contribution is 5.82. The van der Waals surface area contributed by atoms with E-state index in [1.54, 1.807) is 6.20 Å². The lowest BCUT2D eigenvalue weighted by molar-refractivity contribution is -0.121. The van der Waals surface area contributed by atoms with Gasteiger partial charge in [-0.2, -0.15) is 0 Å². The Balaban J connectivity index is 1.55. The molecule has 4 nitrogen and oxygen atoms in total.